The first-order valence-corrected chi connectivity index (χ1v) is 8.22. The molecule has 0 fully saturated rings. The highest BCUT2D eigenvalue weighted by molar-refractivity contribution is 5.98. The molecule has 1 N–H and O–H groups in total. The summed E-state index contributed by atoms with van der Waals surface area (Å²) in [6.07, 6.45) is -5.27. The number of nitrogens with one attached hydrogen (secondary N) is 1. The predicted octanol–water partition coefficient (Wildman–Crippen LogP) is 3.87. The van der Waals surface area contributed by atoms with Crippen molar-refractivity contribution in [1.82, 2.24) is 0 Å². The van der Waals surface area contributed by atoms with Gasteiger partial charge in [-0.2, -0.15) is 0 Å². The number of anilines is 1. The minimum atomic E-state index is -4.82. The van der Waals surface area contributed by atoms with Crippen LogP contribution in [0.4, 0.5) is 23.2 Å². The van der Waals surface area contributed by atoms with Crippen LogP contribution in [0.1, 0.15) is 23.2 Å². The second-order valence-corrected chi connectivity index (χ2v) is 5.71. The molecule has 2 rings (SSSR count). The van der Waals surface area contributed by atoms with Crippen molar-refractivity contribution in [2.75, 3.05) is 11.9 Å². The number of halogens is 4. The number of rotatable bonds is 8. The zero-order valence-corrected chi connectivity index (χ0v) is 14.8. The molecule has 0 heterocycles. The summed E-state index contributed by atoms with van der Waals surface area (Å²) < 4.78 is 57.5. The van der Waals surface area contributed by atoms with E-state index in [0.717, 1.165) is 24.3 Å². The van der Waals surface area contributed by atoms with Gasteiger partial charge in [-0.1, -0.05) is 0 Å². The Labute approximate surface area is 162 Å². The van der Waals surface area contributed by atoms with Gasteiger partial charge in [0.05, 0.1) is 6.42 Å². The van der Waals surface area contributed by atoms with Crippen molar-refractivity contribution >= 4 is 23.3 Å². The van der Waals surface area contributed by atoms with Crippen LogP contribution in [0.15, 0.2) is 48.5 Å². The Kier molecular flexibility index (Phi) is 7.29. The summed E-state index contributed by atoms with van der Waals surface area (Å²) in [5.74, 6) is -2.83. The molecule has 1 amide bonds. The van der Waals surface area contributed by atoms with Crippen molar-refractivity contribution in [3.8, 4) is 5.75 Å². The lowest BCUT2D eigenvalue weighted by Gasteiger charge is -2.10. The van der Waals surface area contributed by atoms with E-state index in [9.17, 15) is 31.9 Å². The van der Waals surface area contributed by atoms with Crippen LogP contribution in [-0.2, 0) is 14.3 Å². The lowest BCUT2D eigenvalue weighted by Crippen LogP contribution is -2.21. The van der Waals surface area contributed by atoms with Crippen LogP contribution in [0.5, 0.6) is 5.75 Å². The first-order chi connectivity index (χ1) is 13.6. The van der Waals surface area contributed by atoms with E-state index in [-0.39, 0.29) is 29.9 Å². The molecule has 0 aliphatic rings. The van der Waals surface area contributed by atoms with Gasteiger partial charge in [-0.15, -0.1) is 13.2 Å². The Morgan fingerprint density at radius 1 is 0.897 bits per heavy atom. The Balaban J connectivity index is 1.72. The van der Waals surface area contributed by atoms with Crippen LogP contribution in [0, 0.1) is 5.82 Å². The number of hydrogen-bond donors (Lipinski definition) is 1. The maximum atomic E-state index is 12.8. The number of ketones is 1. The highest BCUT2D eigenvalue weighted by Gasteiger charge is 2.30. The van der Waals surface area contributed by atoms with E-state index in [1.54, 1.807) is 0 Å². The zero-order valence-electron chi connectivity index (χ0n) is 14.8. The third-order valence-electron chi connectivity index (χ3n) is 3.46. The maximum Gasteiger partial charge on any atom is 0.573 e. The van der Waals surface area contributed by atoms with Crippen LogP contribution < -0.4 is 10.1 Å². The first kappa shape index (κ1) is 21.9. The molecule has 0 saturated carbocycles. The smallest absolute Gasteiger partial charge is 0.456 e. The van der Waals surface area contributed by atoms with Crippen LogP contribution in [-0.4, -0.2) is 30.6 Å². The molecule has 29 heavy (non-hydrogen) atoms. The average Bonchev–Trinajstić information content (AvgIpc) is 2.65. The van der Waals surface area contributed by atoms with Gasteiger partial charge in [0.25, 0.3) is 5.91 Å². The number of Topliss-reactive ketones (excluding diaryl/α,β-unsaturated/α-hetero) is 1. The molecule has 10 heteroatoms. The normalized spacial score (nSPS) is 10.9. The highest BCUT2D eigenvalue weighted by Crippen LogP contribution is 2.23. The summed E-state index contributed by atoms with van der Waals surface area (Å²) in [5, 5.41) is 2.33. The Morgan fingerprint density at radius 3 is 2.10 bits per heavy atom. The molecule has 0 aliphatic carbocycles. The molecule has 2 aromatic rings. The van der Waals surface area contributed by atoms with E-state index in [1.807, 2.05) is 0 Å². The number of benzene rings is 2. The third-order valence-corrected chi connectivity index (χ3v) is 3.46. The number of alkyl halides is 3. The topological polar surface area (TPSA) is 81.7 Å². The van der Waals surface area contributed by atoms with Gasteiger partial charge in [0.2, 0.25) is 0 Å². The number of carbonyl (C=O) groups excluding carboxylic acids is 3. The number of esters is 1. The van der Waals surface area contributed by atoms with Crippen LogP contribution in [0.3, 0.4) is 0 Å². The molecule has 0 aromatic heterocycles. The minimum absolute atomic E-state index is 0.173. The van der Waals surface area contributed by atoms with Crippen LogP contribution >= 0.6 is 0 Å². The van der Waals surface area contributed by atoms with E-state index in [4.69, 9.17) is 4.74 Å². The summed E-state index contributed by atoms with van der Waals surface area (Å²) in [6.45, 7) is -0.635. The number of hydrogen-bond acceptors (Lipinski definition) is 5. The largest absolute Gasteiger partial charge is 0.573 e. The van der Waals surface area contributed by atoms with Crippen molar-refractivity contribution < 1.29 is 41.4 Å². The van der Waals surface area contributed by atoms with Gasteiger partial charge in [0.1, 0.15) is 11.6 Å². The van der Waals surface area contributed by atoms with E-state index in [2.05, 4.69) is 10.1 Å². The van der Waals surface area contributed by atoms with E-state index in [1.165, 1.54) is 24.3 Å². The van der Waals surface area contributed by atoms with E-state index >= 15 is 0 Å². The van der Waals surface area contributed by atoms with Crippen molar-refractivity contribution in [2.24, 2.45) is 0 Å². The van der Waals surface area contributed by atoms with Crippen molar-refractivity contribution in [2.45, 2.75) is 19.2 Å². The first-order valence-electron chi connectivity index (χ1n) is 8.22. The van der Waals surface area contributed by atoms with Gasteiger partial charge >= 0.3 is 12.3 Å². The molecule has 154 valence electrons. The van der Waals surface area contributed by atoms with E-state index in [0.29, 0.717) is 0 Å². The standard InChI is InChI=1S/C19H15F4NO5/c20-13-3-1-12(2-4-13)16(25)9-10-18(27)28-11-17(26)24-14-5-7-15(8-6-14)29-19(21,22)23/h1-8H,9-11H2,(H,24,26). The van der Waals surface area contributed by atoms with Crippen LogP contribution in [0.2, 0.25) is 0 Å². The second kappa shape index (κ2) is 9.67. The van der Waals surface area contributed by atoms with Crippen LogP contribution in [0.25, 0.3) is 0 Å². The Hall–Kier alpha value is -3.43. The third kappa shape index (κ3) is 7.99. The molecule has 0 saturated heterocycles. The summed E-state index contributed by atoms with van der Waals surface area (Å²) in [7, 11) is 0. The molecule has 0 radical (unpaired) electrons. The van der Waals surface area contributed by atoms with Gasteiger partial charge in [-0.25, -0.2) is 4.39 Å². The lowest BCUT2D eigenvalue weighted by atomic mass is 10.1. The summed E-state index contributed by atoms with van der Waals surface area (Å²) in [4.78, 5) is 35.2. The molecular weight excluding hydrogens is 398 g/mol. The Bertz CT molecular complexity index is 864. The Morgan fingerprint density at radius 2 is 1.52 bits per heavy atom. The molecule has 0 unspecified atom stereocenters. The monoisotopic (exact) mass is 413 g/mol. The SMILES string of the molecule is O=C(COC(=O)CCC(=O)c1ccc(F)cc1)Nc1ccc(OC(F)(F)F)cc1. The number of ether oxygens (including phenoxy) is 2. The fraction of sp³-hybridized carbons (Fsp3) is 0.211. The van der Waals surface area contributed by atoms with Gasteiger partial charge in [0.15, 0.2) is 12.4 Å². The molecule has 6 nitrogen and oxygen atoms in total. The zero-order chi connectivity index (χ0) is 21.4. The van der Waals surface area contributed by atoms with Gasteiger partial charge in [-0.05, 0) is 48.5 Å². The molecular formula is C19H15F4NO5. The quantitative estimate of drug-likeness (QED) is 0.404. The van der Waals surface area contributed by atoms with Crippen molar-refractivity contribution in [1.29, 1.82) is 0 Å². The average molecular weight is 413 g/mol. The lowest BCUT2D eigenvalue weighted by molar-refractivity contribution is -0.274. The minimum Gasteiger partial charge on any atom is -0.456 e. The highest BCUT2D eigenvalue weighted by atomic mass is 19.4. The van der Waals surface area contributed by atoms with Gasteiger partial charge in [0, 0.05) is 17.7 Å². The number of carbonyl (C=O) groups is 3. The van der Waals surface area contributed by atoms with E-state index < -0.39 is 36.4 Å². The summed E-state index contributed by atoms with van der Waals surface area (Å²) in [5.41, 5.74) is 0.418. The summed E-state index contributed by atoms with van der Waals surface area (Å²) >= 11 is 0. The predicted molar refractivity (Wildman–Crippen MR) is 92.7 cm³/mol. The summed E-state index contributed by atoms with van der Waals surface area (Å²) in [6, 6.07) is 9.22. The second-order valence-electron chi connectivity index (χ2n) is 5.71. The molecule has 2 aromatic carbocycles. The molecule has 0 atom stereocenters. The molecule has 0 spiro atoms. The van der Waals surface area contributed by atoms with Gasteiger partial charge < -0.3 is 14.8 Å². The van der Waals surface area contributed by atoms with Gasteiger partial charge in [-0.3, -0.25) is 14.4 Å². The fourth-order valence-corrected chi connectivity index (χ4v) is 2.15. The van der Waals surface area contributed by atoms with Crippen molar-refractivity contribution in [3.05, 3.63) is 59.9 Å². The fourth-order valence-electron chi connectivity index (χ4n) is 2.15. The molecule has 0 aliphatic heterocycles. The maximum absolute atomic E-state index is 12.8. The van der Waals surface area contributed by atoms with Crippen molar-refractivity contribution in [3.63, 3.8) is 0 Å². The molecule has 0 bridgehead atoms. The number of amides is 1.